The Balaban J connectivity index is 2.75. The molecule has 0 aromatic heterocycles. The van der Waals surface area contributed by atoms with Gasteiger partial charge >= 0.3 is 5.97 Å². The molecule has 1 aromatic rings. The third-order valence-corrected chi connectivity index (χ3v) is 3.18. The van der Waals surface area contributed by atoms with Crippen LogP contribution in [-0.2, 0) is 10.7 Å². The number of carboxylic acid groups (broad SMARTS) is 1. The van der Waals surface area contributed by atoms with Gasteiger partial charge in [0.15, 0.2) is 0 Å². The molecule has 19 heavy (non-hydrogen) atoms. The van der Waals surface area contributed by atoms with Crippen LogP contribution in [0, 0.1) is 0 Å². The molecule has 0 spiro atoms. The third kappa shape index (κ3) is 4.78. The van der Waals surface area contributed by atoms with E-state index in [-0.39, 0.29) is 30.6 Å². The highest BCUT2D eigenvalue weighted by molar-refractivity contribution is 9.10. The molecule has 1 aromatic carbocycles. The Hall–Kier alpha value is -1.17. The molecule has 1 rings (SSSR count). The highest BCUT2D eigenvalue weighted by Crippen LogP contribution is 2.40. The van der Waals surface area contributed by atoms with E-state index in [9.17, 15) is 13.6 Å². The first-order chi connectivity index (χ1) is 8.86. The SMILES string of the molecule is COc1ccc(Br)cc1C(F)(F)CCCCC(=O)O. The van der Waals surface area contributed by atoms with E-state index in [2.05, 4.69) is 15.9 Å². The van der Waals surface area contributed by atoms with Crippen molar-refractivity contribution in [1.82, 2.24) is 0 Å². The molecule has 0 aliphatic rings. The van der Waals surface area contributed by atoms with Gasteiger partial charge in [-0.15, -0.1) is 0 Å². The Morgan fingerprint density at radius 3 is 2.68 bits per heavy atom. The molecule has 0 amide bonds. The van der Waals surface area contributed by atoms with Crippen molar-refractivity contribution in [2.45, 2.75) is 31.6 Å². The van der Waals surface area contributed by atoms with Crippen LogP contribution in [0.2, 0.25) is 0 Å². The second-order valence-corrected chi connectivity index (χ2v) is 5.07. The standard InChI is InChI=1S/C13H15BrF2O3/c1-19-11-6-5-9(14)8-10(11)13(15,16)7-3-2-4-12(17)18/h5-6,8H,2-4,7H2,1H3,(H,17,18). The number of hydrogen-bond acceptors (Lipinski definition) is 2. The second kappa shape index (κ2) is 6.84. The maximum Gasteiger partial charge on any atom is 0.303 e. The van der Waals surface area contributed by atoms with Gasteiger partial charge in [0.1, 0.15) is 5.75 Å². The summed E-state index contributed by atoms with van der Waals surface area (Å²) in [6.45, 7) is 0. The van der Waals surface area contributed by atoms with Gasteiger partial charge in [0.05, 0.1) is 12.7 Å². The first kappa shape index (κ1) is 15.9. The summed E-state index contributed by atoms with van der Waals surface area (Å²) in [5.74, 6) is -3.87. The predicted molar refractivity (Wildman–Crippen MR) is 70.7 cm³/mol. The maximum absolute atomic E-state index is 14.1. The van der Waals surface area contributed by atoms with Crippen molar-refractivity contribution in [2.24, 2.45) is 0 Å². The first-order valence-corrected chi connectivity index (χ1v) is 6.60. The molecule has 0 aliphatic heterocycles. The van der Waals surface area contributed by atoms with Crippen LogP contribution < -0.4 is 4.74 Å². The molecule has 0 atom stereocenters. The van der Waals surface area contributed by atoms with Crippen LogP contribution in [0.25, 0.3) is 0 Å². The normalized spacial score (nSPS) is 11.4. The zero-order valence-corrected chi connectivity index (χ0v) is 12.0. The number of carbonyl (C=O) groups is 1. The number of methoxy groups -OCH3 is 1. The lowest BCUT2D eigenvalue weighted by atomic mass is 10.0. The molecule has 0 bridgehead atoms. The number of alkyl halides is 2. The predicted octanol–water partition coefficient (Wildman–Crippen LogP) is 4.19. The zero-order chi connectivity index (χ0) is 14.5. The number of halogens is 3. The Labute approximate surface area is 118 Å². The number of hydrogen-bond donors (Lipinski definition) is 1. The van der Waals surface area contributed by atoms with Gasteiger partial charge < -0.3 is 9.84 Å². The number of unbranched alkanes of at least 4 members (excludes halogenated alkanes) is 1. The van der Waals surface area contributed by atoms with Crippen molar-refractivity contribution < 1.29 is 23.4 Å². The van der Waals surface area contributed by atoms with Crippen LogP contribution in [0.1, 0.15) is 31.2 Å². The van der Waals surface area contributed by atoms with Crippen molar-refractivity contribution in [3.8, 4) is 5.75 Å². The molecule has 0 aliphatic carbocycles. The minimum atomic E-state index is -3.03. The second-order valence-electron chi connectivity index (χ2n) is 4.15. The van der Waals surface area contributed by atoms with Gasteiger partial charge in [-0.1, -0.05) is 15.9 Å². The lowest BCUT2D eigenvalue weighted by molar-refractivity contribution is -0.137. The zero-order valence-electron chi connectivity index (χ0n) is 10.5. The number of aliphatic carboxylic acids is 1. The van der Waals surface area contributed by atoms with Gasteiger partial charge in [0, 0.05) is 17.3 Å². The minimum absolute atomic E-state index is 0.0916. The van der Waals surface area contributed by atoms with E-state index in [1.807, 2.05) is 0 Å². The molecule has 0 heterocycles. The van der Waals surface area contributed by atoms with Gasteiger partial charge in [-0.3, -0.25) is 4.79 Å². The fourth-order valence-corrected chi connectivity index (χ4v) is 2.09. The van der Waals surface area contributed by atoms with Gasteiger partial charge in [-0.05, 0) is 31.0 Å². The first-order valence-electron chi connectivity index (χ1n) is 5.80. The van der Waals surface area contributed by atoms with Crippen LogP contribution in [0.15, 0.2) is 22.7 Å². The van der Waals surface area contributed by atoms with Crippen molar-refractivity contribution in [1.29, 1.82) is 0 Å². The fraction of sp³-hybridized carbons (Fsp3) is 0.462. The Bertz CT molecular complexity index is 450. The average molecular weight is 337 g/mol. The van der Waals surface area contributed by atoms with Crippen LogP contribution >= 0.6 is 15.9 Å². The summed E-state index contributed by atoms with van der Waals surface area (Å²) in [5, 5.41) is 8.46. The third-order valence-electron chi connectivity index (χ3n) is 2.69. The average Bonchev–Trinajstić information content (AvgIpc) is 2.34. The Morgan fingerprint density at radius 1 is 1.42 bits per heavy atom. The van der Waals surface area contributed by atoms with Crippen LogP contribution in [0.3, 0.4) is 0 Å². The quantitative estimate of drug-likeness (QED) is 0.759. The summed E-state index contributed by atoms with van der Waals surface area (Å²) in [6.07, 6.45) is -0.102. The van der Waals surface area contributed by atoms with Gasteiger partial charge in [0.25, 0.3) is 5.92 Å². The van der Waals surface area contributed by atoms with Gasteiger partial charge in [-0.2, -0.15) is 0 Å². The summed E-state index contributed by atoms with van der Waals surface area (Å²) < 4.78 is 33.6. The molecule has 1 N–H and O–H groups in total. The number of benzene rings is 1. The highest BCUT2D eigenvalue weighted by atomic mass is 79.9. The molecule has 106 valence electrons. The van der Waals surface area contributed by atoms with E-state index < -0.39 is 18.3 Å². The number of rotatable bonds is 7. The van der Waals surface area contributed by atoms with E-state index in [4.69, 9.17) is 9.84 Å². The van der Waals surface area contributed by atoms with Crippen LogP contribution in [-0.4, -0.2) is 18.2 Å². The summed E-state index contributed by atoms with van der Waals surface area (Å²) in [5.41, 5.74) is -0.181. The molecule has 6 heteroatoms. The smallest absolute Gasteiger partial charge is 0.303 e. The summed E-state index contributed by atoms with van der Waals surface area (Å²) >= 11 is 3.15. The summed E-state index contributed by atoms with van der Waals surface area (Å²) in [6, 6.07) is 4.43. The summed E-state index contributed by atoms with van der Waals surface area (Å²) in [4.78, 5) is 10.3. The van der Waals surface area contributed by atoms with E-state index in [0.717, 1.165) is 0 Å². The molecule has 0 saturated heterocycles. The van der Waals surface area contributed by atoms with Crippen molar-refractivity contribution in [3.05, 3.63) is 28.2 Å². The monoisotopic (exact) mass is 336 g/mol. The van der Waals surface area contributed by atoms with Gasteiger partial charge in [-0.25, -0.2) is 8.78 Å². The largest absolute Gasteiger partial charge is 0.496 e. The van der Waals surface area contributed by atoms with Crippen LogP contribution in [0.5, 0.6) is 5.75 Å². The van der Waals surface area contributed by atoms with Crippen molar-refractivity contribution in [2.75, 3.05) is 7.11 Å². The Kier molecular flexibility index (Phi) is 5.72. The number of ether oxygens (including phenoxy) is 1. The van der Waals surface area contributed by atoms with Crippen LogP contribution in [0.4, 0.5) is 8.78 Å². The molecule has 0 fully saturated rings. The van der Waals surface area contributed by atoms with E-state index >= 15 is 0 Å². The highest BCUT2D eigenvalue weighted by Gasteiger charge is 2.34. The molecule has 0 saturated carbocycles. The molecule has 3 nitrogen and oxygen atoms in total. The summed E-state index contributed by atoms with van der Waals surface area (Å²) in [7, 11) is 1.34. The lowest BCUT2D eigenvalue weighted by Crippen LogP contribution is -2.15. The van der Waals surface area contributed by atoms with E-state index in [0.29, 0.717) is 4.47 Å². The number of carboxylic acids is 1. The molecule has 0 unspecified atom stereocenters. The lowest BCUT2D eigenvalue weighted by Gasteiger charge is -2.19. The molecule has 0 radical (unpaired) electrons. The Morgan fingerprint density at radius 2 is 2.11 bits per heavy atom. The van der Waals surface area contributed by atoms with Crippen molar-refractivity contribution >= 4 is 21.9 Å². The van der Waals surface area contributed by atoms with E-state index in [1.165, 1.54) is 19.2 Å². The molecular formula is C13H15BrF2O3. The topological polar surface area (TPSA) is 46.5 Å². The maximum atomic E-state index is 14.1. The van der Waals surface area contributed by atoms with E-state index in [1.54, 1.807) is 6.07 Å². The fourth-order valence-electron chi connectivity index (χ4n) is 1.72. The van der Waals surface area contributed by atoms with Crippen molar-refractivity contribution in [3.63, 3.8) is 0 Å². The molecular weight excluding hydrogens is 322 g/mol. The van der Waals surface area contributed by atoms with Gasteiger partial charge in [0.2, 0.25) is 0 Å². The minimum Gasteiger partial charge on any atom is -0.496 e.